The summed E-state index contributed by atoms with van der Waals surface area (Å²) in [5.41, 5.74) is 3.82. The van der Waals surface area contributed by atoms with Gasteiger partial charge in [-0.2, -0.15) is 0 Å². The number of methoxy groups -OCH3 is 1. The molecule has 114 valence electrons. The average Bonchev–Trinajstić information content (AvgIpc) is 2.93. The lowest BCUT2D eigenvalue weighted by Crippen LogP contribution is -2.60. The third-order valence-electron chi connectivity index (χ3n) is 5.85. The number of likely N-dealkylation sites (N-methyl/N-ethyl adjacent to an activating group) is 1. The minimum Gasteiger partial charge on any atom is -0.396 e. The number of piperidine rings is 1. The molecule has 1 aliphatic carbocycles. The van der Waals surface area contributed by atoms with Crippen LogP contribution in [0.25, 0.3) is 0 Å². The van der Waals surface area contributed by atoms with Gasteiger partial charge in [-0.05, 0) is 43.0 Å². The third kappa shape index (κ3) is 1.73. The smallest absolute Gasteiger partial charge is 0.109 e. The van der Waals surface area contributed by atoms with Gasteiger partial charge in [0.15, 0.2) is 0 Å². The van der Waals surface area contributed by atoms with Gasteiger partial charge in [0.2, 0.25) is 0 Å². The van der Waals surface area contributed by atoms with Crippen molar-refractivity contribution in [1.29, 1.82) is 0 Å². The summed E-state index contributed by atoms with van der Waals surface area (Å²) in [5, 5.41) is 13.2. The molecule has 0 bridgehead atoms. The molecule has 0 amide bonds. The van der Waals surface area contributed by atoms with Crippen LogP contribution in [0.5, 0.6) is 0 Å². The fourth-order valence-corrected chi connectivity index (χ4v) is 4.97. The average molecular weight is 288 g/mol. The number of ether oxygens (including phenoxy) is 1. The number of nitrogens with zero attached hydrogens (tertiary/aromatic N) is 1. The van der Waals surface area contributed by atoms with Crippen molar-refractivity contribution in [3.63, 3.8) is 0 Å². The highest BCUT2D eigenvalue weighted by Gasteiger charge is 2.54. The fraction of sp³-hybridized carbons (Fsp3) is 0.647. The van der Waals surface area contributed by atoms with Crippen LogP contribution in [0.2, 0.25) is 0 Å². The third-order valence-corrected chi connectivity index (χ3v) is 5.85. The number of rotatable bonds is 2. The predicted molar refractivity (Wildman–Crippen MR) is 82.6 cm³/mol. The van der Waals surface area contributed by atoms with Crippen LogP contribution in [-0.4, -0.2) is 49.9 Å². The van der Waals surface area contributed by atoms with E-state index in [0.717, 1.165) is 25.9 Å². The molecule has 1 aromatic rings. The Balaban J connectivity index is 1.88. The molecule has 4 atom stereocenters. The van der Waals surface area contributed by atoms with Crippen LogP contribution in [0.4, 0.5) is 5.69 Å². The summed E-state index contributed by atoms with van der Waals surface area (Å²) in [5.74, 6) is 0.880. The number of nitrogens with one attached hydrogen (secondary N) is 1. The highest BCUT2D eigenvalue weighted by atomic mass is 16.5. The van der Waals surface area contributed by atoms with E-state index in [0.29, 0.717) is 12.0 Å². The van der Waals surface area contributed by atoms with Gasteiger partial charge in [0.1, 0.15) is 5.60 Å². The van der Waals surface area contributed by atoms with E-state index in [-0.39, 0.29) is 18.1 Å². The zero-order chi connectivity index (χ0) is 14.6. The molecule has 0 radical (unpaired) electrons. The highest BCUT2D eigenvalue weighted by molar-refractivity contribution is 5.63. The zero-order valence-electron chi connectivity index (χ0n) is 12.8. The molecule has 0 spiro atoms. The molecule has 0 saturated carbocycles. The standard InChI is InChI=1S/C17H24N2O2/c1-19-9-11(10-20)7-17(21-2)13-4-3-5-14-16(13)12(8-18-14)6-15(17)19/h3-5,11-12,15,18,20H,6-10H2,1-2H3/t11?,12?,15-,17+/m1/s1. The molecule has 1 saturated heterocycles. The van der Waals surface area contributed by atoms with Gasteiger partial charge in [-0.1, -0.05) is 12.1 Å². The van der Waals surface area contributed by atoms with Crippen LogP contribution < -0.4 is 5.32 Å². The first-order chi connectivity index (χ1) is 10.2. The molecule has 3 aliphatic rings. The highest BCUT2D eigenvalue weighted by Crippen LogP contribution is 2.54. The molecule has 4 nitrogen and oxygen atoms in total. The summed E-state index contributed by atoms with van der Waals surface area (Å²) >= 11 is 0. The van der Waals surface area contributed by atoms with Crippen molar-refractivity contribution >= 4 is 5.69 Å². The topological polar surface area (TPSA) is 44.7 Å². The van der Waals surface area contributed by atoms with Crippen LogP contribution in [0, 0.1) is 5.92 Å². The molecule has 1 fully saturated rings. The number of likely N-dealkylation sites (tertiary alicyclic amines) is 1. The Morgan fingerprint density at radius 3 is 3.10 bits per heavy atom. The van der Waals surface area contributed by atoms with Crippen molar-refractivity contribution in [2.75, 3.05) is 39.2 Å². The molecule has 1 aromatic carbocycles. The van der Waals surface area contributed by atoms with Crippen LogP contribution >= 0.6 is 0 Å². The summed E-state index contributed by atoms with van der Waals surface area (Å²) < 4.78 is 6.16. The largest absolute Gasteiger partial charge is 0.396 e. The molecule has 4 rings (SSSR count). The molecule has 0 aromatic heterocycles. The van der Waals surface area contributed by atoms with Gasteiger partial charge >= 0.3 is 0 Å². The minimum absolute atomic E-state index is 0.235. The van der Waals surface area contributed by atoms with Crippen LogP contribution in [0.3, 0.4) is 0 Å². The Hall–Kier alpha value is -1.10. The molecule has 2 heterocycles. The summed E-state index contributed by atoms with van der Waals surface area (Å²) in [4.78, 5) is 2.40. The van der Waals surface area contributed by atoms with Crippen molar-refractivity contribution in [2.45, 2.75) is 30.4 Å². The molecule has 21 heavy (non-hydrogen) atoms. The quantitative estimate of drug-likeness (QED) is 0.870. The fourth-order valence-electron chi connectivity index (χ4n) is 4.97. The first-order valence-electron chi connectivity index (χ1n) is 7.93. The number of hydrogen-bond acceptors (Lipinski definition) is 4. The summed E-state index contributed by atoms with van der Waals surface area (Å²) in [6.07, 6.45) is 2.05. The van der Waals surface area contributed by atoms with E-state index < -0.39 is 0 Å². The normalized spacial score (nSPS) is 37.8. The Kier molecular flexibility index (Phi) is 3.03. The van der Waals surface area contributed by atoms with Gasteiger partial charge < -0.3 is 15.2 Å². The first-order valence-corrected chi connectivity index (χ1v) is 7.93. The summed E-state index contributed by atoms with van der Waals surface area (Å²) in [6.45, 7) is 2.24. The van der Waals surface area contributed by atoms with Gasteiger partial charge in [0.25, 0.3) is 0 Å². The van der Waals surface area contributed by atoms with Crippen molar-refractivity contribution in [3.05, 3.63) is 29.3 Å². The van der Waals surface area contributed by atoms with Crippen LogP contribution in [-0.2, 0) is 10.3 Å². The second-order valence-electron chi connectivity index (χ2n) is 6.88. The number of aliphatic hydroxyl groups excluding tert-OH is 1. The predicted octanol–water partition coefficient (Wildman–Crippen LogP) is 1.75. The lowest BCUT2D eigenvalue weighted by molar-refractivity contribution is -0.138. The van der Waals surface area contributed by atoms with E-state index in [9.17, 15) is 5.11 Å². The number of benzene rings is 1. The summed E-state index contributed by atoms with van der Waals surface area (Å²) in [6, 6.07) is 6.95. The van der Waals surface area contributed by atoms with Crippen molar-refractivity contribution in [2.24, 2.45) is 5.92 Å². The van der Waals surface area contributed by atoms with Crippen molar-refractivity contribution in [3.8, 4) is 0 Å². The molecular formula is C17H24N2O2. The second kappa shape index (κ2) is 4.70. The van der Waals surface area contributed by atoms with Crippen molar-refractivity contribution in [1.82, 2.24) is 4.90 Å². The number of aliphatic hydroxyl groups is 1. The number of anilines is 1. The summed E-state index contributed by atoms with van der Waals surface area (Å²) in [7, 11) is 4.01. The molecule has 2 N–H and O–H groups in total. The monoisotopic (exact) mass is 288 g/mol. The lowest BCUT2D eigenvalue weighted by atomic mass is 9.65. The van der Waals surface area contributed by atoms with E-state index >= 15 is 0 Å². The van der Waals surface area contributed by atoms with E-state index in [1.54, 1.807) is 0 Å². The molecule has 2 unspecified atom stereocenters. The van der Waals surface area contributed by atoms with Crippen LogP contribution in [0.1, 0.15) is 29.9 Å². The lowest BCUT2D eigenvalue weighted by Gasteiger charge is -2.54. The molecule has 2 aliphatic heterocycles. The molecule has 4 heteroatoms. The van der Waals surface area contributed by atoms with Gasteiger partial charge in [-0.15, -0.1) is 0 Å². The van der Waals surface area contributed by atoms with Crippen molar-refractivity contribution < 1.29 is 9.84 Å². The Morgan fingerprint density at radius 1 is 1.48 bits per heavy atom. The molecular weight excluding hydrogens is 264 g/mol. The first kappa shape index (κ1) is 13.6. The van der Waals surface area contributed by atoms with E-state index in [1.807, 2.05) is 7.11 Å². The maximum absolute atomic E-state index is 9.68. The van der Waals surface area contributed by atoms with E-state index in [2.05, 4.69) is 35.5 Å². The van der Waals surface area contributed by atoms with E-state index in [4.69, 9.17) is 4.74 Å². The van der Waals surface area contributed by atoms with Gasteiger partial charge in [-0.25, -0.2) is 0 Å². The van der Waals surface area contributed by atoms with Gasteiger partial charge in [0.05, 0.1) is 0 Å². The second-order valence-corrected chi connectivity index (χ2v) is 6.88. The number of hydrogen-bond donors (Lipinski definition) is 2. The Morgan fingerprint density at radius 2 is 2.33 bits per heavy atom. The SMILES string of the molecule is CO[C@]12CC(CO)CN(C)[C@@H]1CC1CNc3cccc2c31. The maximum Gasteiger partial charge on any atom is 0.109 e. The Bertz CT molecular complexity index is 562. The van der Waals surface area contributed by atoms with Gasteiger partial charge in [0, 0.05) is 44.5 Å². The minimum atomic E-state index is -0.270. The zero-order valence-corrected chi connectivity index (χ0v) is 12.8. The van der Waals surface area contributed by atoms with E-state index in [1.165, 1.54) is 16.8 Å². The number of fused-ring (bicyclic) bond motifs is 2. The maximum atomic E-state index is 9.68. The Labute approximate surface area is 126 Å². The van der Waals surface area contributed by atoms with Gasteiger partial charge in [-0.3, -0.25) is 4.90 Å². The van der Waals surface area contributed by atoms with Crippen LogP contribution in [0.15, 0.2) is 18.2 Å².